The lowest BCUT2D eigenvalue weighted by molar-refractivity contribution is -0.145. The first-order valence-electron chi connectivity index (χ1n) is 9.19. The Bertz CT molecular complexity index is 791. The van der Waals surface area contributed by atoms with Gasteiger partial charge in [0.25, 0.3) is 5.89 Å². The van der Waals surface area contributed by atoms with Crippen molar-refractivity contribution in [1.82, 2.24) is 15.5 Å². The highest BCUT2D eigenvalue weighted by atomic mass is 16.6. The second-order valence-electron chi connectivity index (χ2n) is 7.63. The molecule has 1 amide bonds. The number of rotatable bonds is 7. The quantitative estimate of drug-likeness (QED) is 0.718. The van der Waals surface area contributed by atoms with E-state index in [1.54, 1.807) is 20.8 Å². The molecule has 0 atom stereocenters. The van der Waals surface area contributed by atoms with Crippen LogP contribution in [0.25, 0.3) is 11.4 Å². The van der Waals surface area contributed by atoms with Crippen LogP contribution >= 0.6 is 0 Å². The zero-order valence-corrected chi connectivity index (χ0v) is 16.9. The molecule has 2 rings (SSSR count). The Kier molecular flexibility index (Phi) is 7.14. The van der Waals surface area contributed by atoms with E-state index >= 15 is 0 Å². The summed E-state index contributed by atoms with van der Waals surface area (Å²) in [6, 6.07) is 7.90. The molecular weight excluding hydrogens is 362 g/mol. The minimum atomic E-state index is -0.588. The molecule has 28 heavy (non-hydrogen) atoms. The molecule has 0 unspecified atom stereocenters. The largest absolute Gasteiger partial charge is 0.456 e. The van der Waals surface area contributed by atoms with Crippen molar-refractivity contribution in [2.45, 2.75) is 59.2 Å². The van der Waals surface area contributed by atoms with Crippen molar-refractivity contribution in [3.63, 3.8) is 0 Å². The Morgan fingerprint density at radius 1 is 1.18 bits per heavy atom. The van der Waals surface area contributed by atoms with Crippen molar-refractivity contribution in [1.29, 1.82) is 0 Å². The maximum absolute atomic E-state index is 11.8. The Labute approximate surface area is 164 Å². The lowest BCUT2D eigenvalue weighted by Gasteiger charge is -2.19. The van der Waals surface area contributed by atoms with E-state index in [9.17, 15) is 9.59 Å². The van der Waals surface area contributed by atoms with Crippen molar-refractivity contribution in [2.75, 3.05) is 6.54 Å². The van der Waals surface area contributed by atoms with Gasteiger partial charge in [-0.05, 0) is 32.3 Å². The molecule has 0 aliphatic rings. The molecule has 1 N–H and O–H groups in total. The van der Waals surface area contributed by atoms with Gasteiger partial charge in [0.15, 0.2) is 6.61 Å². The van der Waals surface area contributed by atoms with Gasteiger partial charge in [0, 0.05) is 12.1 Å². The molecule has 152 valence electrons. The molecule has 0 fully saturated rings. The smallest absolute Gasteiger partial charge is 0.407 e. The van der Waals surface area contributed by atoms with E-state index in [0.29, 0.717) is 11.7 Å². The van der Waals surface area contributed by atoms with Crippen LogP contribution in [0.3, 0.4) is 0 Å². The Balaban J connectivity index is 1.76. The summed E-state index contributed by atoms with van der Waals surface area (Å²) < 4.78 is 15.3. The van der Waals surface area contributed by atoms with Crippen molar-refractivity contribution < 1.29 is 23.6 Å². The third-order valence-corrected chi connectivity index (χ3v) is 3.66. The molecule has 0 spiro atoms. The summed E-state index contributed by atoms with van der Waals surface area (Å²) in [4.78, 5) is 27.5. The average molecular weight is 389 g/mol. The minimum absolute atomic E-state index is 0.0108. The number of amides is 1. The lowest BCUT2D eigenvalue weighted by Crippen LogP contribution is -2.33. The molecule has 0 aliphatic carbocycles. The molecule has 0 bridgehead atoms. The van der Waals surface area contributed by atoms with Crippen molar-refractivity contribution >= 4 is 12.1 Å². The highest BCUT2D eigenvalue weighted by Crippen LogP contribution is 2.20. The van der Waals surface area contributed by atoms with Crippen LogP contribution in [0.5, 0.6) is 0 Å². The van der Waals surface area contributed by atoms with E-state index in [1.165, 1.54) is 5.56 Å². The first-order valence-corrected chi connectivity index (χ1v) is 9.19. The zero-order chi connectivity index (χ0) is 20.7. The number of alkyl carbamates (subject to hydrolysis) is 1. The number of ether oxygens (including phenoxy) is 2. The van der Waals surface area contributed by atoms with E-state index in [0.717, 1.165) is 5.56 Å². The number of esters is 1. The van der Waals surface area contributed by atoms with Crippen molar-refractivity contribution in [3.8, 4) is 11.4 Å². The van der Waals surface area contributed by atoms with Gasteiger partial charge in [-0.25, -0.2) is 4.79 Å². The fraction of sp³-hybridized carbons (Fsp3) is 0.500. The van der Waals surface area contributed by atoms with Crippen LogP contribution in [0.4, 0.5) is 4.79 Å². The summed E-state index contributed by atoms with van der Waals surface area (Å²) in [6.07, 6.45) is -0.568. The summed E-state index contributed by atoms with van der Waals surface area (Å²) in [5.74, 6) is 0.598. The number of carbonyl (C=O) groups is 2. The second-order valence-corrected chi connectivity index (χ2v) is 7.63. The number of carbonyl (C=O) groups excluding carboxylic acids is 2. The predicted molar refractivity (Wildman–Crippen MR) is 102 cm³/mol. The molecule has 8 heteroatoms. The summed E-state index contributed by atoms with van der Waals surface area (Å²) in [5, 5.41) is 6.40. The molecule has 2 aromatic rings. The predicted octanol–water partition coefficient (Wildman–Crippen LogP) is 3.82. The molecule has 0 radical (unpaired) electrons. The SMILES string of the molecule is CC(C)c1ccc(-c2noc(COC(=O)CCNC(=O)OC(C)(C)C)n2)cc1. The van der Waals surface area contributed by atoms with Crippen LogP contribution in [0.1, 0.15) is 58.4 Å². The molecule has 1 aromatic carbocycles. The van der Waals surface area contributed by atoms with Gasteiger partial charge in [0.1, 0.15) is 5.60 Å². The van der Waals surface area contributed by atoms with Gasteiger partial charge >= 0.3 is 12.1 Å². The van der Waals surface area contributed by atoms with E-state index in [2.05, 4.69) is 29.3 Å². The molecule has 1 aromatic heterocycles. The average Bonchev–Trinajstić information content (AvgIpc) is 3.07. The van der Waals surface area contributed by atoms with Crippen LogP contribution in [-0.4, -0.2) is 34.3 Å². The van der Waals surface area contributed by atoms with Gasteiger partial charge in [-0.3, -0.25) is 4.79 Å². The van der Waals surface area contributed by atoms with Gasteiger partial charge in [0.05, 0.1) is 6.42 Å². The highest BCUT2D eigenvalue weighted by Gasteiger charge is 2.16. The number of hydrogen-bond acceptors (Lipinski definition) is 7. The first kappa shape index (κ1) is 21.4. The number of nitrogens with zero attached hydrogens (tertiary/aromatic N) is 2. The zero-order valence-electron chi connectivity index (χ0n) is 16.9. The molecule has 0 saturated carbocycles. The maximum atomic E-state index is 11.8. The monoisotopic (exact) mass is 389 g/mol. The van der Waals surface area contributed by atoms with Gasteiger partial charge in [0.2, 0.25) is 5.82 Å². The van der Waals surface area contributed by atoms with E-state index in [-0.39, 0.29) is 25.5 Å². The maximum Gasteiger partial charge on any atom is 0.407 e. The number of benzene rings is 1. The Morgan fingerprint density at radius 2 is 1.86 bits per heavy atom. The molecule has 0 aliphatic heterocycles. The van der Waals surface area contributed by atoms with E-state index in [1.807, 2.05) is 24.3 Å². The Hall–Kier alpha value is -2.90. The van der Waals surface area contributed by atoms with Crippen molar-refractivity contribution in [3.05, 3.63) is 35.7 Å². The third-order valence-electron chi connectivity index (χ3n) is 3.66. The third kappa shape index (κ3) is 7.02. The second kappa shape index (κ2) is 9.34. The van der Waals surface area contributed by atoms with Gasteiger partial charge in [-0.2, -0.15) is 4.98 Å². The van der Waals surface area contributed by atoms with E-state index < -0.39 is 17.7 Å². The standard InChI is InChI=1S/C20H27N3O5/c1-13(2)14-6-8-15(9-7-14)18-22-16(28-23-18)12-26-17(24)10-11-21-19(25)27-20(3,4)5/h6-9,13H,10-12H2,1-5H3,(H,21,25). The summed E-state index contributed by atoms with van der Waals surface area (Å²) in [6.45, 7) is 9.53. The van der Waals surface area contributed by atoms with Gasteiger partial charge in [-0.15, -0.1) is 0 Å². The first-order chi connectivity index (χ1) is 13.1. The van der Waals surface area contributed by atoms with Crippen LogP contribution < -0.4 is 5.32 Å². The normalized spacial score (nSPS) is 11.4. The summed E-state index contributed by atoms with van der Waals surface area (Å²) >= 11 is 0. The van der Waals surface area contributed by atoms with Gasteiger partial charge < -0.3 is 19.3 Å². The molecular formula is C20H27N3O5. The highest BCUT2D eigenvalue weighted by molar-refractivity contribution is 5.72. The summed E-state index contributed by atoms with van der Waals surface area (Å²) in [5.41, 5.74) is 1.46. The molecule has 8 nitrogen and oxygen atoms in total. The fourth-order valence-electron chi connectivity index (χ4n) is 2.24. The topological polar surface area (TPSA) is 104 Å². The summed E-state index contributed by atoms with van der Waals surface area (Å²) in [7, 11) is 0. The lowest BCUT2D eigenvalue weighted by atomic mass is 10.0. The molecule has 0 saturated heterocycles. The minimum Gasteiger partial charge on any atom is -0.456 e. The van der Waals surface area contributed by atoms with Crippen LogP contribution in [0, 0.1) is 0 Å². The number of hydrogen-bond donors (Lipinski definition) is 1. The van der Waals surface area contributed by atoms with Gasteiger partial charge in [-0.1, -0.05) is 43.3 Å². The fourth-order valence-corrected chi connectivity index (χ4v) is 2.24. The molecule has 1 heterocycles. The Morgan fingerprint density at radius 3 is 2.46 bits per heavy atom. The van der Waals surface area contributed by atoms with E-state index in [4.69, 9.17) is 14.0 Å². The van der Waals surface area contributed by atoms with Crippen LogP contribution in [0.2, 0.25) is 0 Å². The number of aromatic nitrogens is 2. The number of nitrogens with one attached hydrogen (secondary N) is 1. The van der Waals surface area contributed by atoms with Crippen molar-refractivity contribution in [2.24, 2.45) is 0 Å². The van der Waals surface area contributed by atoms with Crippen LogP contribution in [-0.2, 0) is 20.9 Å². The van der Waals surface area contributed by atoms with Crippen LogP contribution in [0.15, 0.2) is 28.8 Å².